The van der Waals surface area contributed by atoms with Crippen LogP contribution in [0.1, 0.15) is 28.1 Å². The second-order valence-corrected chi connectivity index (χ2v) is 6.45. The SMILES string of the molecule is Cc1ccc(-n2c(C)cc(/C=N/NC(=O)Cc3ccc(F)cc3)c2C)nc1. The molecule has 5 nitrogen and oxygen atoms in total. The van der Waals surface area contributed by atoms with Gasteiger partial charge in [-0.25, -0.2) is 14.8 Å². The van der Waals surface area contributed by atoms with E-state index in [0.29, 0.717) is 0 Å². The highest BCUT2D eigenvalue weighted by molar-refractivity contribution is 5.84. The average molecular weight is 364 g/mol. The summed E-state index contributed by atoms with van der Waals surface area (Å²) in [6.07, 6.45) is 3.59. The van der Waals surface area contributed by atoms with Crippen LogP contribution in [0.4, 0.5) is 4.39 Å². The molecule has 0 radical (unpaired) electrons. The molecule has 0 unspecified atom stereocenters. The van der Waals surface area contributed by atoms with Crippen LogP contribution in [-0.4, -0.2) is 21.7 Å². The van der Waals surface area contributed by atoms with Gasteiger partial charge in [-0.1, -0.05) is 18.2 Å². The van der Waals surface area contributed by atoms with E-state index in [1.54, 1.807) is 18.3 Å². The molecule has 0 aliphatic rings. The number of carbonyl (C=O) groups excluding carboxylic acids is 1. The average Bonchev–Trinajstić information content (AvgIpc) is 2.92. The number of benzene rings is 1. The molecule has 0 fully saturated rings. The van der Waals surface area contributed by atoms with E-state index in [9.17, 15) is 9.18 Å². The van der Waals surface area contributed by atoms with Crippen LogP contribution in [0.3, 0.4) is 0 Å². The van der Waals surface area contributed by atoms with Gasteiger partial charge in [-0.15, -0.1) is 0 Å². The van der Waals surface area contributed by atoms with Crippen LogP contribution in [0.25, 0.3) is 5.82 Å². The van der Waals surface area contributed by atoms with E-state index in [1.165, 1.54) is 12.1 Å². The second-order valence-electron chi connectivity index (χ2n) is 6.45. The zero-order valence-corrected chi connectivity index (χ0v) is 15.5. The van der Waals surface area contributed by atoms with Crippen molar-refractivity contribution in [1.82, 2.24) is 15.0 Å². The molecule has 0 spiro atoms. The molecule has 0 bridgehead atoms. The Kier molecular flexibility index (Phi) is 5.45. The predicted octanol–water partition coefficient (Wildman–Crippen LogP) is 3.63. The fourth-order valence-electron chi connectivity index (χ4n) is 2.86. The number of hydrogen-bond acceptors (Lipinski definition) is 3. The first-order chi connectivity index (χ1) is 12.9. The van der Waals surface area contributed by atoms with E-state index in [0.717, 1.165) is 33.9 Å². The maximum Gasteiger partial charge on any atom is 0.244 e. The van der Waals surface area contributed by atoms with Crippen molar-refractivity contribution in [1.29, 1.82) is 0 Å². The number of aromatic nitrogens is 2. The van der Waals surface area contributed by atoms with Crippen molar-refractivity contribution in [2.24, 2.45) is 5.10 Å². The van der Waals surface area contributed by atoms with Crippen molar-refractivity contribution in [3.05, 3.63) is 82.6 Å². The Hall–Kier alpha value is -3.28. The lowest BCUT2D eigenvalue weighted by Crippen LogP contribution is -2.19. The smallest absolute Gasteiger partial charge is 0.244 e. The maximum atomic E-state index is 12.9. The molecule has 0 saturated heterocycles. The third-order valence-corrected chi connectivity index (χ3v) is 4.27. The lowest BCUT2D eigenvalue weighted by atomic mass is 10.1. The molecule has 3 rings (SSSR count). The Morgan fingerprint density at radius 3 is 2.59 bits per heavy atom. The van der Waals surface area contributed by atoms with Crippen LogP contribution in [-0.2, 0) is 11.2 Å². The quantitative estimate of drug-likeness (QED) is 0.555. The fraction of sp³-hybridized carbons (Fsp3) is 0.190. The summed E-state index contributed by atoms with van der Waals surface area (Å²) in [5.41, 5.74) is 7.26. The van der Waals surface area contributed by atoms with Gasteiger partial charge >= 0.3 is 0 Å². The Balaban J connectivity index is 1.68. The molecule has 0 aliphatic carbocycles. The second kappa shape index (κ2) is 7.95. The number of hydrogen-bond donors (Lipinski definition) is 1. The summed E-state index contributed by atoms with van der Waals surface area (Å²) in [6, 6.07) is 11.8. The number of hydrazone groups is 1. The van der Waals surface area contributed by atoms with Crippen LogP contribution in [0.2, 0.25) is 0 Å². The van der Waals surface area contributed by atoms with Gasteiger partial charge in [0.2, 0.25) is 5.91 Å². The third kappa shape index (κ3) is 4.47. The highest BCUT2D eigenvalue weighted by Crippen LogP contribution is 2.18. The normalized spacial score (nSPS) is 11.1. The highest BCUT2D eigenvalue weighted by Gasteiger charge is 2.10. The molecule has 27 heavy (non-hydrogen) atoms. The number of rotatable bonds is 5. The van der Waals surface area contributed by atoms with Gasteiger partial charge in [-0.05, 0) is 56.2 Å². The Labute approximate surface area is 157 Å². The molecular formula is C21H21FN4O. The Morgan fingerprint density at radius 1 is 1.19 bits per heavy atom. The minimum absolute atomic E-state index is 0.143. The van der Waals surface area contributed by atoms with Crippen molar-refractivity contribution in [3.8, 4) is 5.82 Å². The molecule has 6 heteroatoms. The number of nitrogens with zero attached hydrogens (tertiary/aromatic N) is 3. The lowest BCUT2D eigenvalue weighted by molar-refractivity contribution is -0.120. The molecule has 2 aromatic heterocycles. The van der Waals surface area contributed by atoms with Crippen molar-refractivity contribution in [2.45, 2.75) is 27.2 Å². The first-order valence-corrected chi connectivity index (χ1v) is 8.62. The van der Waals surface area contributed by atoms with E-state index in [1.807, 2.05) is 49.7 Å². The first-order valence-electron chi connectivity index (χ1n) is 8.62. The summed E-state index contributed by atoms with van der Waals surface area (Å²) in [7, 11) is 0. The van der Waals surface area contributed by atoms with E-state index in [4.69, 9.17) is 0 Å². The lowest BCUT2D eigenvalue weighted by Gasteiger charge is -2.08. The highest BCUT2D eigenvalue weighted by atomic mass is 19.1. The summed E-state index contributed by atoms with van der Waals surface area (Å²) < 4.78 is 14.9. The number of carbonyl (C=O) groups is 1. The molecule has 1 aromatic carbocycles. The zero-order valence-electron chi connectivity index (χ0n) is 15.5. The van der Waals surface area contributed by atoms with E-state index in [-0.39, 0.29) is 18.1 Å². The van der Waals surface area contributed by atoms with Crippen LogP contribution < -0.4 is 5.43 Å². The van der Waals surface area contributed by atoms with Gasteiger partial charge in [-0.3, -0.25) is 4.79 Å². The number of amides is 1. The number of nitrogens with one attached hydrogen (secondary N) is 1. The van der Waals surface area contributed by atoms with Gasteiger partial charge in [0.15, 0.2) is 0 Å². The fourth-order valence-corrected chi connectivity index (χ4v) is 2.86. The van der Waals surface area contributed by atoms with Crippen molar-refractivity contribution >= 4 is 12.1 Å². The monoisotopic (exact) mass is 364 g/mol. The molecule has 1 amide bonds. The molecule has 138 valence electrons. The molecule has 1 N–H and O–H groups in total. The van der Waals surface area contributed by atoms with Gasteiger partial charge in [0.25, 0.3) is 0 Å². The van der Waals surface area contributed by atoms with Crippen LogP contribution in [0, 0.1) is 26.6 Å². The van der Waals surface area contributed by atoms with Gasteiger partial charge < -0.3 is 4.57 Å². The number of aryl methyl sites for hydroxylation is 2. The van der Waals surface area contributed by atoms with Crippen LogP contribution >= 0.6 is 0 Å². The summed E-state index contributed by atoms with van der Waals surface area (Å²) >= 11 is 0. The zero-order chi connectivity index (χ0) is 19.4. The largest absolute Gasteiger partial charge is 0.303 e. The Morgan fingerprint density at radius 2 is 1.93 bits per heavy atom. The van der Waals surface area contributed by atoms with E-state index < -0.39 is 0 Å². The Bertz CT molecular complexity index is 973. The maximum absolute atomic E-state index is 12.9. The molecular weight excluding hydrogens is 343 g/mol. The van der Waals surface area contributed by atoms with Crippen LogP contribution in [0.15, 0.2) is 53.8 Å². The van der Waals surface area contributed by atoms with Gasteiger partial charge in [-0.2, -0.15) is 5.10 Å². The van der Waals surface area contributed by atoms with Gasteiger partial charge in [0.05, 0.1) is 12.6 Å². The molecule has 2 heterocycles. The van der Waals surface area contributed by atoms with Crippen LogP contribution in [0.5, 0.6) is 0 Å². The summed E-state index contributed by atoms with van der Waals surface area (Å²) in [5, 5.41) is 4.05. The van der Waals surface area contributed by atoms with Crippen molar-refractivity contribution in [2.75, 3.05) is 0 Å². The standard InChI is InChI=1S/C21H21FN4O/c1-14-4-9-20(23-12-14)26-15(2)10-18(16(26)3)13-24-25-21(27)11-17-5-7-19(22)8-6-17/h4-10,12-13H,11H2,1-3H3,(H,25,27)/b24-13+. The molecule has 3 aromatic rings. The van der Waals surface area contributed by atoms with Gasteiger partial charge in [0.1, 0.15) is 11.6 Å². The summed E-state index contributed by atoms with van der Waals surface area (Å²) in [4.78, 5) is 16.4. The minimum atomic E-state index is -0.324. The third-order valence-electron chi connectivity index (χ3n) is 4.27. The first kappa shape index (κ1) is 18.5. The summed E-state index contributed by atoms with van der Waals surface area (Å²) in [6.45, 7) is 5.98. The summed E-state index contributed by atoms with van der Waals surface area (Å²) in [5.74, 6) is 0.262. The molecule has 0 aliphatic heterocycles. The van der Waals surface area contributed by atoms with Crippen molar-refractivity contribution in [3.63, 3.8) is 0 Å². The number of halogens is 1. The van der Waals surface area contributed by atoms with E-state index in [2.05, 4.69) is 15.5 Å². The molecule has 0 saturated carbocycles. The number of pyridine rings is 1. The van der Waals surface area contributed by atoms with Gasteiger partial charge in [0, 0.05) is 23.1 Å². The minimum Gasteiger partial charge on any atom is -0.303 e. The predicted molar refractivity (Wildman–Crippen MR) is 104 cm³/mol. The van der Waals surface area contributed by atoms with E-state index >= 15 is 0 Å². The topological polar surface area (TPSA) is 59.3 Å². The molecule has 0 atom stereocenters. The van der Waals surface area contributed by atoms with Crippen molar-refractivity contribution < 1.29 is 9.18 Å².